The zero-order valence-electron chi connectivity index (χ0n) is 20.9. The summed E-state index contributed by atoms with van der Waals surface area (Å²) in [6, 6.07) is 25.7. The first-order valence-electron chi connectivity index (χ1n) is 11.7. The Labute approximate surface area is 195 Å². The molecule has 164 valence electrons. The molecule has 0 aliphatic heterocycles. The van der Waals surface area contributed by atoms with Crippen LogP contribution in [0.5, 0.6) is 0 Å². The minimum Gasteiger partial charge on any atom is -0.0730 e. The lowest BCUT2D eigenvalue weighted by Crippen LogP contribution is -2.73. The highest BCUT2D eigenvalue weighted by Crippen LogP contribution is 2.53. The third-order valence-corrected chi connectivity index (χ3v) is 13.7. The maximum Gasteiger partial charge on any atom is 0.162 e. The average molecular weight is 437 g/mol. The SMILES string of the molecule is CC1=CC(C)([Si](c2ccccc2)(c2cc(C)cc(C)c2)c2cc(C)ccc2C)C(C)=C1C. The molecule has 0 bridgehead atoms. The molecule has 0 N–H and O–H groups in total. The lowest BCUT2D eigenvalue weighted by atomic mass is 10.0. The minimum atomic E-state index is -2.53. The van der Waals surface area contributed by atoms with Gasteiger partial charge in [0.05, 0.1) is 0 Å². The Bertz CT molecular complexity index is 1220. The van der Waals surface area contributed by atoms with E-state index in [2.05, 4.69) is 128 Å². The molecule has 4 rings (SSSR count). The summed E-state index contributed by atoms with van der Waals surface area (Å²) in [7, 11) is -2.53. The standard InChI is InChI=1S/C31H36Si/c1-21-14-15-24(4)30(19-21)32(28-12-10-9-11-13-28,29-17-22(2)16-23(3)18-29)31(8)20-25(5)26(6)27(31)7/h9-20H,1-8H3. The molecule has 2 atom stereocenters. The largest absolute Gasteiger partial charge is 0.162 e. The van der Waals surface area contributed by atoms with Crippen LogP contribution in [-0.4, -0.2) is 8.07 Å². The van der Waals surface area contributed by atoms with Gasteiger partial charge in [0.25, 0.3) is 0 Å². The van der Waals surface area contributed by atoms with E-state index < -0.39 is 8.07 Å². The Morgan fingerprint density at radius 3 is 1.81 bits per heavy atom. The highest BCUT2D eigenvalue weighted by molar-refractivity contribution is 7.14. The lowest BCUT2D eigenvalue weighted by Gasteiger charge is -2.48. The second kappa shape index (κ2) is 8.05. The van der Waals surface area contributed by atoms with Crippen LogP contribution in [0.4, 0.5) is 0 Å². The van der Waals surface area contributed by atoms with Crippen LogP contribution in [0.1, 0.15) is 49.9 Å². The van der Waals surface area contributed by atoms with Gasteiger partial charge in [-0.05, 0) is 69.6 Å². The number of rotatable bonds is 4. The van der Waals surface area contributed by atoms with E-state index in [1.54, 1.807) is 0 Å². The predicted octanol–water partition coefficient (Wildman–Crippen LogP) is 6.45. The van der Waals surface area contributed by atoms with Crippen molar-refractivity contribution in [2.45, 2.75) is 60.4 Å². The van der Waals surface area contributed by atoms with Crippen LogP contribution < -0.4 is 15.6 Å². The Hall–Kier alpha value is -2.64. The van der Waals surface area contributed by atoms with Crippen molar-refractivity contribution < 1.29 is 0 Å². The van der Waals surface area contributed by atoms with Crippen molar-refractivity contribution in [3.8, 4) is 0 Å². The Balaban J connectivity index is 2.28. The van der Waals surface area contributed by atoms with Crippen molar-refractivity contribution in [3.05, 3.63) is 112 Å². The molecule has 3 aromatic carbocycles. The normalized spacial score (nSPS) is 20.3. The van der Waals surface area contributed by atoms with Gasteiger partial charge in [0.15, 0.2) is 8.07 Å². The summed E-state index contributed by atoms with van der Waals surface area (Å²) < 4.78 is 0. The van der Waals surface area contributed by atoms with E-state index in [0.717, 1.165) is 0 Å². The third kappa shape index (κ3) is 3.26. The number of hydrogen-bond donors (Lipinski definition) is 0. The van der Waals surface area contributed by atoms with E-state index >= 15 is 0 Å². The topological polar surface area (TPSA) is 0 Å². The molecule has 1 aliphatic carbocycles. The smallest absolute Gasteiger partial charge is 0.0730 e. The van der Waals surface area contributed by atoms with E-state index in [9.17, 15) is 0 Å². The van der Waals surface area contributed by atoms with Crippen molar-refractivity contribution in [2.75, 3.05) is 0 Å². The van der Waals surface area contributed by atoms with Gasteiger partial charge in [0.2, 0.25) is 0 Å². The average Bonchev–Trinajstić information content (AvgIpc) is 2.94. The number of hydrogen-bond acceptors (Lipinski definition) is 0. The molecule has 0 heterocycles. The molecule has 0 aromatic heterocycles. The molecule has 0 radical (unpaired) electrons. The molecule has 0 spiro atoms. The summed E-state index contributed by atoms with van der Waals surface area (Å²) >= 11 is 0. The maximum absolute atomic E-state index is 2.59. The highest BCUT2D eigenvalue weighted by atomic mass is 28.3. The van der Waals surface area contributed by atoms with Crippen LogP contribution in [0.25, 0.3) is 0 Å². The van der Waals surface area contributed by atoms with Crippen LogP contribution in [0.2, 0.25) is 5.04 Å². The zero-order chi connectivity index (χ0) is 23.3. The summed E-state index contributed by atoms with van der Waals surface area (Å²) in [5.74, 6) is 0. The third-order valence-electron chi connectivity index (χ3n) is 7.88. The van der Waals surface area contributed by atoms with Crippen molar-refractivity contribution in [1.29, 1.82) is 0 Å². The molecule has 1 aliphatic rings. The molecule has 2 unspecified atom stereocenters. The fourth-order valence-corrected chi connectivity index (χ4v) is 12.7. The van der Waals surface area contributed by atoms with Gasteiger partial charge in [-0.2, -0.15) is 0 Å². The molecule has 32 heavy (non-hydrogen) atoms. The zero-order valence-corrected chi connectivity index (χ0v) is 21.9. The van der Waals surface area contributed by atoms with Gasteiger partial charge in [0.1, 0.15) is 0 Å². The van der Waals surface area contributed by atoms with Crippen molar-refractivity contribution in [2.24, 2.45) is 0 Å². The molecule has 0 saturated heterocycles. The van der Waals surface area contributed by atoms with Gasteiger partial charge >= 0.3 is 0 Å². The lowest BCUT2D eigenvalue weighted by molar-refractivity contribution is 0.869. The van der Waals surface area contributed by atoms with Gasteiger partial charge in [-0.3, -0.25) is 0 Å². The van der Waals surface area contributed by atoms with E-state index in [0.29, 0.717) is 0 Å². The second-order valence-electron chi connectivity index (χ2n) is 10.1. The van der Waals surface area contributed by atoms with Crippen LogP contribution in [0, 0.1) is 27.7 Å². The molecule has 0 nitrogen and oxygen atoms in total. The molecule has 3 aromatic rings. The molecule has 0 fully saturated rings. The Morgan fingerprint density at radius 1 is 0.625 bits per heavy atom. The van der Waals surface area contributed by atoms with Gasteiger partial charge in [-0.25, -0.2) is 0 Å². The van der Waals surface area contributed by atoms with Crippen molar-refractivity contribution in [1.82, 2.24) is 0 Å². The number of benzene rings is 3. The van der Waals surface area contributed by atoms with Crippen LogP contribution in [-0.2, 0) is 0 Å². The second-order valence-corrected chi connectivity index (χ2v) is 14.3. The van der Waals surface area contributed by atoms with Gasteiger partial charge in [-0.15, -0.1) is 0 Å². The summed E-state index contributed by atoms with van der Waals surface area (Å²) in [6.45, 7) is 18.5. The molecule has 0 amide bonds. The Kier molecular flexibility index (Phi) is 5.67. The van der Waals surface area contributed by atoms with Crippen LogP contribution >= 0.6 is 0 Å². The van der Waals surface area contributed by atoms with Crippen molar-refractivity contribution in [3.63, 3.8) is 0 Å². The maximum atomic E-state index is 2.59. The number of aryl methyl sites for hydroxylation is 4. The highest BCUT2D eigenvalue weighted by Gasteiger charge is 2.56. The molecule has 1 heteroatoms. The quantitative estimate of drug-likeness (QED) is 0.326. The van der Waals surface area contributed by atoms with E-state index in [1.165, 1.54) is 54.5 Å². The van der Waals surface area contributed by atoms with Gasteiger partial charge in [-0.1, -0.05) is 113 Å². The molecular weight excluding hydrogens is 400 g/mol. The van der Waals surface area contributed by atoms with Crippen molar-refractivity contribution >= 4 is 23.6 Å². The first-order chi connectivity index (χ1) is 15.1. The van der Waals surface area contributed by atoms with Crippen LogP contribution in [0.15, 0.2) is 89.5 Å². The first-order valence-corrected chi connectivity index (χ1v) is 13.7. The Morgan fingerprint density at radius 2 is 1.25 bits per heavy atom. The summed E-state index contributed by atoms with van der Waals surface area (Å²) in [4.78, 5) is 0. The minimum absolute atomic E-state index is 0.0543. The fourth-order valence-electron chi connectivity index (χ4n) is 6.10. The van der Waals surface area contributed by atoms with Crippen LogP contribution in [0.3, 0.4) is 0 Å². The van der Waals surface area contributed by atoms with E-state index in [-0.39, 0.29) is 5.04 Å². The summed E-state index contributed by atoms with van der Waals surface area (Å²) in [6.07, 6.45) is 2.59. The summed E-state index contributed by atoms with van der Waals surface area (Å²) in [5.41, 5.74) is 9.82. The number of allylic oxidation sites excluding steroid dienone is 4. The molecule has 0 saturated carbocycles. The fraction of sp³-hybridized carbons (Fsp3) is 0.290. The van der Waals surface area contributed by atoms with Gasteiger partial charge in [0, 0.05) is 5.04 Å². The van der Waals surface area contributed by atoms with E-state index in [1.807, 2.05) is 0 Å². The molecular formula is C31H36Si. The monoisotopic (exact) mass is 436 g/mol. The van der Waals surface area contributed by atoms with Gasteiger partial charge < -0.3 is 0 Å². The first kappa shape index (κ1) is 22.5. The summed E-state index contributed by atoms with van der Waals surface area (Å²) in [5, 5.41) is 4.48. The van der Waals surface area contributed by atoms with E-state index in [4.69, 9.17) is 0 Å². The predicted molar refractivity (Wildman–Crippen MR) is 143 cm³/mol.